The molecule has 1 fully saturated rings. The van der Waals surface area contributed by atoms with Gasteiger partial charge >= 0.3 is 0 Å². The van der Waals surface area contributed by atoms with E-state index in [-0.39, 0.29) is 16.9 Å². The quantitative estimate of drug-likeness (QED) is 0.483. The Balaban J connectivity index is 1.85. The fourth-order valence-electron chi connectivity index (χ4n) is 4.78. The van der Waals surface area contributed by atoms with E-state index in [2.05, 4.69) is 81.2 Å². The molecule has 1 heterocycles. The summed E-state index contributed by atoms with van der Waals surface area (Å²) in [5, 5.41) is 0.803. The third-order valence-electron chi connectivity index (χ3n) is 6.06. The fourth-order valence-corrected chi connectivity index (χ4v) is 5.96. The molecule has 1 atom stereocenters. The van der Waals surface area contributed by atoms with E-state index in [9.17, 15) is 0 Å². The zero-order chi connectivity index (χ0) is 21.1. The summed E-state index contributed by atoms with van der Waals surface area (Å²) in [6.45, 7) is 14.7. The van der Waals surface area contributed by atoms with Crippen LogP contribution in [0.5, 0.6) is 0 Å². The summed E-state index contributed by atoms with van der Waals surface area (Å²) in [5.74, 6) is 0. The van der Waals surface area contributed by atoms with Gasteiger partial charge in [0.05, 0.1) is 6.10 Å². The van der Waals surface area contributed by atoms with Crippen LogP contribution in [-0.2, 0) is 16.4 Å². The number of piperidine rings is 1. The van der Waals surface area contributed by atoms with Crippen molar-refractivity contribution < 1.29 is 4.43 Å². The van der Waals surface area contributed by atoms with Gasteiger partial charge in [-0.1, -0.05) is 74.8 Å². The second-order valence-electron chi connectivity index (χ2n) is 9.70. The van der Waals surface area contributed by atoms with Crippen LogP contribution in [0.4, 0.5) is 0 Å². The number of hydrogen-bond donors (Lipinski definition) is 0. The number of benzene rings is 2. The minimum Gasteiger partial charge on any atom is -0.413 e. The molecule has 0 aromatic heterocycles. The van der Waals surface area contributed by atoms with Crippen LogP contribution in [0.3, 0.4) is 0 Å². The van der Waals surface area contributed by atoms with Crippen molar-refractivity contribution in [2.75, 3.05) is 13.1 Å². The molecule has 0 aliphatic carbocycles. The minimum atomic E-state index is -0.800. The predicted octanol–water partition coefficient (Wildman–Crippen LogP) is 6.56. The molecule has 1 saturated heterocycles. The molecule has 2 nitrogen and oxygen atoms in total. The Morgan fingerprint density at radius 2 is 1.59 bits per heavy atom. The second-order valence-corrected chi connectivity index (χ2v) is 12.2. The van der Waals surface area contributed by atoms with Crippen molar-refractivity contribution in [1.29, 1.82) is 0 Å². The molecule has 0 spiro atoms. The molecule has 3 rings (SSSR count). The Hall–Kier alpha value is -1.13. The van der Waals surface area contributed by atoms with Gasteiger partial charge in [-0.25, -0.2) is 0 Å². The van der Waals surface area contributed by atoms with Crippen molar-refractivity contribution in [3.63, 3.8) is 0 Å². The standard InChI is InChI=1S/C25H35ClNOSi/c1-24(2,3)23(28-29(4)5)25(21-9-7-6-8-10-21)15-17-27(18-16-25)19-20-11-13-22(26)14-12-20/h6-14,23H,15-19H2,1-5H3. The van der Waals surface area contributed by atoms with Gasteiger partial charge in [0.25, 0.3) is 0 Å². The van der Waals surface area contributed by atoms with Crippen molar-refractivity contribution in [3.8, 4) is 0 Å². The minimum absolute atomic E-state index is 0.0674. The molecule has 1 unspecified atom stereocenters. The van der Waals surface area contributed by atoms with Gasteiger partial charge < -0.3 is 4.43 Å². The van der Waals surface area contributed by atoms with Gasteiger partial charge in [0.2, 0.25) is 9.04 Å². The first-order valence-corrected chi connectivity index (χ1v) is 13.5. The van der Waals surface area contributed by atoms with Crippen LogP contribution in [0.25, 0.3) is 0 Å². The fraction of sp³-hybridized carbons (Fsp3) is 0.520. The lowest BCUT2D eigenvalue weighted by molar-refractivity contribution is -0.0212. The Labute approximate surface area is 184 Å². The van der Waals surface area contributed by atoms with Crippen LogP contribution in [0, 0.1) is 5.41 Å². The van der Waals surface area contributed by atoms with E-state index in [4.69, 9.17) is 16.0 Å². The smallest absolute Gasteiger partial charge is 0.205 e. The number of halogens is 1. The lowest BCUT2D eigenvalue weighted by atomic mass is 9.62. The first kappa shape index (κ1) is 22.5. The first-order valence-electron chi connectivity index (χ1n) is 10.7. The third kappa shape index (κ3) is 5.52. The van der Waals surface area contributed by atoms with Gasteiger partial charge in [0, 0.05) is 17.0 Å². The van der Waals surface area contributed by atoms with Crippen molar-refractivity contribution >= 4 is 20.6 Å². The molecule has 0 saturated carbocycles. The largest absolute Gasteiger partial charge is 0.413 e. The monoisotopic (exact) mass is 428 g/mol. The number of rotatable bonds is 6. The molecule has 0 N–H and O–H groups in total. The highest BCUT2D eigenvalue weighted by Gasteiger charge is 2.48. The number of likely N-dealkylation sites (tertiary alicyclic amines) is 1. The summed E-state index contributed by atoms with van der Waals surface area (Å²) in [5.41, 5.74) is 2.93. The maximum Gasteiger partial charge on any atom is 0.205 e. The lowest BCUT2D eigenvalue weighted by Gasteiger charge is -2.52. The van der Waals surface area contributed by atoms with E-state index < -0.39 is 9.04 Å². The SMILES string of the molecule is C[Si](C)OC(C(C)(C)C)C1(c2ccccc2)CCN(Cc2ccc(Cl)cc2)CC1. The molecule has 0 amide bonds. The molecule has 1 aliphatic heterocycles. The van der Waals surface area contributed by atoms with Gasteiger partial charge in [-0.3, -0.25) is 4.90 Å². The molecule has 1 radical (unpaired) electrons. The second kappa shape index (κ2) is 9.34. The molecule has 157 valence electrons. The van der Waals surface area contributed by atoms with E-state index in [1.165, 1.54) is 11.1 Å². The van der Waals surface area contributed by atoms with Crippen molar-refractivity contribution in [2.45, 2.75) is 64.8 Å². The molecule has 29 heavy (non-hydrogen) atoms. The van der Waals surface area contributed by atoms with E-state index >= 15 is 0 Å². The highest BCUT2D eigenvalue weighted by atomic mass is 35.5. The van der Waals surface area contributed by atoms with E-state index in [1.54, 1.807) is 0 Å². The van der Waals surface area contributed by atoms with E-state index in [0.29, 0.717) is 0 Å². The third-order valence-corrected chi connectivity index (χ3v) is 7.02. The predicted molar refractivity (Wildman–Crippen MR) is 126 cm³/mol. The van der Waals surface area contributed by atoms with Crippen molar-refractivity contribution in [3.05, 3.63) is 70.7 Å². The van der Waals surface area contributed by atoms with Crippen molar-refractivity contribution in [2.24, 2.45) is 5.41 Å². The van der Waals surface area contributed by atoms with Gasteiger partial charge in [-0.2, -0.15) is 0 Å². The summed E-state index contributed by atoms with van der Waals surface area (Å²) >= 11 is 6.05. The van der Waals surface area contributed by atoms with Crippen LogP contribution in [-0.4, -0.2) is 33.1 Å². The highest BCUT2D eigenvalue weighted by Crippen LogP contribution is 2.46. The number of nitrogens with zero attached hydrogens (tertiary/aromatic N) is 1. The van der Waals surface area contributed by atoms with E-state index in [1.807, 2.05) is 12.1 Å². The molecular weight excluding hydrogens is 394 g/mol. The van der Waals surface area contributed by atoms with Crippen LogP contribution in [0.1, 0.15) is 44.7 Å². The van der Waals surface area contributed by atoms with Crippen LogP contribution in [0.15, 0.2) is 54.6 Å². The summed E-state index contributed by atoms with van der Waals surface area (Å²) in [6.07, 6.45) is 2.47. The molecule has 2 aromatic carbocycles. The Kier molecular flexibility index (Phi) is 7.26. The highest BCUT2D eigenvalue weighted by molar-refractivity contribution is 6.48. The molecular formula is C25H35ClNOSi. The summed E-state index contributed by atoms with van der Waals surface area (Å²) < 4.78 is 6.75. The normalized spacial score (nSPS) is 18.7. The molecule has 2 aromatic rings. The summed E-state index contributed by atoms with van der Waals surface area (Å²) in [4.78, 5) is 2.58. The molecule has 0 bridgehead atoms. The van der Waals surface area contributed by atoms with Gasteiger partial charge in [-0.05, 0) is 67.7 Å². The lowest BCUT2D eigenvalue weighted by Crippen LogP contribution is -2.55. The van der Waals surface area contributed by atoms with Crippen LogP contribution < -0.4 is 0 Å². The zero-order valence-electron chi connectivity index (χ0n) is 18.5. The maximum absolute atomic E-state index is 6.75. The first-order chi connectivity index (χ1) is 13.7. The van der Waals surface area contributed by atoms with Gasteiger partial charge in [0.15, 0.2) is 0 Å². The molecule has 1 aliphatic rings. The summed E-state index contributed by atoms with van der Waals surface area (Å²) in [6, 6.07) is 19.4. The van der Waals surface area contributed by atoms with E-state index in [0.717, 1.165) is 37.5 Å². The van der Waals surface area contributed by atoms with Crippen LogP contribution in [0.2, 0.25) is 18.1 Å². The molecule has 4 heteroatoms. The topological polar surface area (TPSA) is 12.5 Å². The van der Waals surface area contributed by atoms with Crippen molar-refractivity contribution in [1.82, 2.24) is 4.90 Å². The maximum atomic E-state index is 6.75. The van der Waals surface area contributed by atoms with Gasteiger partial charge in [0.1, 0.15) is 0 Å². The van der Waals surface area contributed by atoms with Gasteiger partial charge in [-0.15, -0.1) is 0 Å². The Morgan fingerprint density at radius 3 is 2.10 bits per heavy atom. The van der Waals surface area contributed by atoms with Crippen LogP contribution >= 0.6 is 11.6 Å². The zero-order valence-corrected chi connectivity index (χ0v) is 20.3. The Bertz CT molecular complexity index is 762. The average molecular weight is 429 g/mol. The number of hydrogen-bond acceptors (Lipinski definition) is 2. The Morgan fingerprint density at radius 1 is 1.00 bits per heavy atom. The summed E-state index contributed by atoms with van der Waals surface area (Å²) in [7, 11) is -0.800. The average Bonchev–Trinajstić information content (AvgIpc) is 2.69.